The average molecular weight is 453 g/mol. The molecule has 0 spiro atoms. The van der Waals surface area contributed by atoms with E-state index in [-0.39, 0.29) is 37.3 Å². The van der Waals surface area contributed by atoms with Crippen molar-refractivity contribution in [2.75, 3.05) is 24.6 Å². The Morgan fingerprint density at radius 2 is 1.91 bits per heavy atom. The molecule has 0 radical (unpaired) electrons. The first-order valence-corrected chi connectivity index (χ1v) is 10.7. The zero-order valence-corrected chi connectivity index (χ0v) is 18.7. The molecular formula is C24H28N4O5. The van der Waals surface area contributed by atoms with Gasteiger partial charge in [-0.2, -0.15) is 0 Å². The lowest BCUT2D eigenvalue weighted by atomic mass is 10.0. The number of ketones is 1. The average Bonchev–Trinajstić information content (AvgIpc) is 2.79. The van der Waals surface area contributed by atoms with E-state index < -0.39 is 17.7 Å². The highest BCUT2D eigenvalue weighted by atomic mass is 16.5. The lowest BCUT2D eigenvalue weighted by Crippen LogP contribution is -2.42. The zero-order chi connectivity index (χ0) is 24.0. The number of ether oxygens (including phenoxy) is 1. The number of amides is 1. The van der Waals surface area contributed by atoms with Gasteiger partial charge in [0.2, 0.25) is 0 Å². The first kappa shape index (κ1) is 23.9. The predicted molar refractivity (Wildman–Crippen MR) is 124 cm³/mol. The van der Waals surface area contributed by atoms with Gasteiger partial charge in [0.25, 0.3) is 11.7 Å². The van der Waals surface area contributed by atoms with Gasteiger partial charge in [0.1, 0.15) is 6.54 Å². The van der Waals surface area contributed by atoms with Crippen LogP contribution in [0.25, 0.3) is 0 Å². The van der Waals surface area contributed by atoms with Gasteiger partial charge in [0.15, 0.2) is 5.96 Å². The minimum absolute atomic E-state index is 0.0387. The second kappa shape index (κ2) is 10.7. The normalized spacial score (nSPS) is 12.7. The summed E-state index contributed by atoms with van der Waals surface area (Å²) in [6.07, 6.45) is 0.111. The van der Waals surface area contributed by atoms with Gasteiger partial charge in [0.05, 0.1) is 11.8 Å². The molecule has 9 nitrogen and oxygen atoms in total. The predicted octanol–water partition coefficient (Wildman–Crippen LogP) is 2.00. The number of Topliss-reactive ketones (excluding diaryl/α,β-unsaturated/α-hetero) is 1. The first-order chi connectivity index (χ1) is 15.8. The molecular weight excluding hydrogens is 424 g/mol. The first-order valence-electron chi connectivity index (χ1n) is 10.7. The number of guanidine groups is 1. The van der Waals surface area contributed by atoms with Crippen LogP contribution in [0.1, 0.15) is 36.2 Å². The molecule has 0 fully saturated rings. The van der Waals surface area contributed by atoms with Crippen LogP contribution >= 0.6 is 0 Å². The number of nitrogens with zero attached hydrogens (tertiary/aromatic N) is 3. The lowest BCUT2D eigenvalue weighted by molar-refractivity contribution is -0.147. The summed E-state index contributed by atoms with van der Waals surface area (Å²) in [5.74, 6) is -1.66. The number of aliphatic hydroxyl groups is 1. The second-order valence-electron chi connectivity index (χ2n) is 7.91. The summed E-state index contributed by atoms with van der Waals surface area (Å²) in [5.41, 5.74) is 8.03. The molecule has 2 aromatic rings. The Kier molecular flexibility index (Phi) is 7.78. The van der Waals surface area contributed by atoms with Gasteiger partial charge in [-0.1, -0.05) is 30.3 Å². The van der Waals surface area contributed by atoms with Crippen molar-refractivity contribution in [3.8, 4) is 0 Å². The molecule has 0 saturated heterocycles. The number of anilines is 1. The van der Waals surface area contributed by atoms with Gasteiger partial charge in [-0.25, -0.2) is 4.99 Å². The largest absolute Gasteiger partial charge is 0.462 e. The van der Waals surface area contributed by atoms with Gasteiger partial charge >= 0.3 is 5.97 Å². The van der Waals surface area contributed by atoms with E-state index in [1.807, 2.05) is 6.07 Å². The van der Waals surface area contributed by atoms with Crippen molar-refractivity contribution in [3.63, 3.8) is 0 Å². The van der Waals surface area contributed by atoms with E-state index in [2.05, 4.69) is 4.99 Å². The summed E-state index contributed by atoms with van der Waals surface area (Å²) in [4.78, 5) is 45.3. The Balaban J connectivity index is 1.79. The molecule has 174 valence electrons. The maximum absolute atomic E-state index is 13.0. The van der Waals surface area contributed by atoms with Crippen LogP contribution in [0.5, 0.6) is 0 Å². The summed E-state index contributed by atoms with van der Waals surface area (Å²) in [6, 6.07) is 13.6. The number of aliphatic hydroxyl groups excluding tert-OH is 1. The summed E-state index contributed by atoms with van der Waals surface area (Å²) in [6.45, 7) is 3.93. The SMILES string of the molecule is CC(C)OC(=O)CN1Cc2ccc(C(=O)C(=O)N(CCCO)c3ccccc3)cc2N=C1N. The number of aliphatic imine (C=N–C) groups is 1. The van der Waals surface area contributed by atoms with Gasteiger partial charge in [-0.3, -0.25) is 14.4 Å². The van der Waals surface area contributed by atoms with Crippen LogP contribution in [-0.4, -0.2) is 59.4 Å². The van der Waals surface area contributed by atoms with Crippen LogP contribution in [0.15, 0.2) is 53.5 Å². The van der Waals surface area contributed by atoms with E-state index in [4.69, 9.17) is 10.5 Å². The number of hydrogen-bond donors (Lipinski definition) is 2. The molecule has 1 amide bonds. The number of carbonyl (C=O) groups excluding carboxylic acids is 3. The van der Waals surface area contributed by atoms with E-state index in [1.165, 1.54) is 11.0 Å². The maximum Gasteiger partial charge on any atom is 0.325 e. The third kappa shape index (κ3) is 5.95. The topological polar surface area (TPSA) is 126 Å². The van der Waals surface area contributed by atoms with Crippen molar-refractivity contribution in [2.24, 2.45) is 10.7 Å². The van der Waals surface area contributed by atoms with E-state index in [9.17, 15) is 19.5 Å². The highest BCUT2D eigenvalue weighted by molar-refractivity contribution is 6.47. The standard InChI is InChI=1S/C24H28N4O5/c1-16(2)33-21(30)15-27-14-18-10-9-17(13-20(18)26-24(27)25)22(31)23(32)28(11-6-12-29)19-7-4-3-5-8-19/h3-5,7-10,13,16,29H,6,11-12,14-15H2,1-2H3,(H2,25,26). The van der Waals surface area contributed by atoms with Gasteiger partial charge in [0, 0.05) is 30.9 Å². The molecule has 1 aliphatic heterocycles. The smallest absolute Gasteiger partial charge is 0.325 e. The number of carbonyl (C=O) groups is 3. The number of nitrogens with two attached hydrogens (primary N) is 1. The fourth-order valence-corrected chi connectivity index (χ4v) is 3.45. The Labute approximate surface area is 192 Å². The monoisotopic (exact) mass is 452 g/mol. The highest BCUT2D eigenvalue weighted by Crippen LogP contribution is 2.27. The van der Waals surface area contributed by atoms with Crippen molar-refractivity contribution in [1.29, 1.82) is 0 Å². The molecule has 0 aliphatic carbocycles. The minimum atomic E-state index is -0.694. The van der Waals surface area contributed by atoms with Crippen LogP contribution in [0, 0.1) is 0 Å². The number of esters is 1. The quantitative estimate of drug-likeness (QED) is 0.339. The van der Waals surface area contributed by atoms with Crippen LogP contribution in [0.2, 0.25) is 0 Å². The molecule has 0 bridgehead atoms. The number of rotatable bonds is 9. The fraction of sp³-hybridized carbons (Fsp3) is 0.333. The lowest BCUT2D eigenvalue weighted by Gasteiger charge is -2.27. The third-order valence-corrected chi connectivity index (χ3v) is 5.00. The number of hydrogen-bond acceptors (Lipinski definition) is 8. The number of fused-ring (bicyclic) bond motifs is 1. The number of para-hydroxylation sites is 1. The Hall–Kier alpha value is -3.72. The molecule has 3 N–H and O–H groups in total. The van der Waals surface area contributed by atoms with Crippen LogP contribution in [0.4, 0.5) is 11.4 Å². The summed E-state index contributed by atoms with van der Waals surface area (Å²) in [5, 5.41) is 9.19. The van der Waals surface area contributed by atoms with Crippen molar-refractivity contribution in [2.45, 2.75) is 32.9 Å². The molecule has 0 aromatic heterocycles. The molecule has 0 saturated carbocycles. The Bertz CT molecular complexity index is 1050. The van der Waals surface area contributed by atoms with Crippen LogP contribution in [-0.2, 0) is 20.9 Å². The zero-order valence-electron chi connectivity index (χ0n) is 18.7. The summed E-state index contributed by atoms with van der Waals surface area (Å²) < 4.78 is 5.16. The van der Waals surface area contributed by atoms with Gasteiger partial charge in [-0.05, 0) is 44.0 Å². The summed E-state index contributed by atoms with van der Waals surface area (Å²) in [7, 11) is 0. The molecule has 2 aromatic carbocycles. The molecule has 3 rings (SSSR count). The molecule has 1 heterocycles. The van der Waals surface area contributed by atoms with E-state index >= 15 is 0 Å². The van der Waals surface area contributed by atoms with Crippen LogP contribution < -0.4 is 10.6 Å². The molecule has 33 heavy (non-hydrogen) atoms. The van der Waals surface area contributed by atoms with Crippen molar-refractivity contribution >= 4 is 35.0 Å². The fourth-order valence-electron chi connectivity index (χ4n) is 3.45. The van der Waals surface area contributed by atoms with Crippen LogP contribution in [0.3, 0.4) is 0 Å². The molecule has 9 heteroatoms. The highest BCUT2D eigenvalue weighted by Gasteiger charge is 2.27. The molecule has 0 unspecified atom stereocenters. The maximum atomic E-state index is 13.0. The third-order valence-electron chi connectivity index (χ3n) is 5.00. The second-order valence-corrected chi connectivity index (χ2v) is 7.91. The Morgan fingerprint density at radius 1 is 1.18 bits per heavy atom. The van der Waals surface area contributed by atoms with E-state index in [0.717, 1.165) is 5.56 Å². The number of benzene rings is 2. The molecule has 0 atom stereocenters. The van der Waals surface area contributed by atoms with E-state index in [1.54, 1.807) is 55.1 Å². The Morgan fingerprint density at radius 3 is 2.58 bits per heavy atom. The minimum Gasteiger partial charge on any atom is -0.462 e. The van der Waals surface area contributed by atoms with Crippen molar-refractivity contribution in [3.05, 3.63) is 59.7 Å². The van der Waals surface area contributed by atoms with Gasteiger partial charge in [-0.15, -0.1) is 0 Å². The summed E-state index contributed by atoms with van der Waals surface area (Å²) >= 11 is 0. The molecule has 1 aliphatic rings. The van der Waals surface area contributed by atoms with Crippen molar-refractivity contribution < 1.29 is 24.2 Å². The van der Waals surface area contributed by atoms with Crippen molar-refractivity contribution in [1.82, 2.24) is 4.90 Å². The van der Waals surface area contributed by atoms with Gasteiger partial charge < -0.3 is 25.4 Å². The van der Waals surface area contributed by atoms with E-state index in [0.29, 0.717) is 24.3 Å².